The molecule has 14 heavy (non-hydrogen) atoms. The normalized spacial score (nSPS) is 9.71. The van der Waals surface area contributed by atoms with Gasteiger partial charge in [-0.3, -0.25) is 0 Å². The van der Waals surface area contributed by atoms with E-state index in [9.17, 15) is 0 Å². The molecule has 74 valence electrons. The zero-order valence-electron chi connectivity index (χ0n) is 8.75. The van der Waals surface area contributed by atoms with E-state index in [1.165, 1.54) is 5.56 Å². The first-order valence-electron chi connectivity index (χ1n) is 4.93. The largest absolute Gasteiger partial charge is 0.178 e. The zero-order valence-corrected chi connectivity index (χ0v) is 9.64. The molecule has 0 fully saturated rings. The highest BCUT2D eigenvalue weighted by molar-refractivity contribution is 7.80. The molecule has 1 rings (SSSR count). The minimum absolute atomic E-state index is 0.571. The van der Waals surface area contributed by atoms with Gasteiger partial charge in [0.1, 0.15) is 0 Å². The van der Waals surface area contributed by atoms with E-state index in [-0.39, 0.29) is 0 Å². The van der Waals surface area contributed by atoms with Crippen molar-refractivity contribution in [2.75, 3.05) is 5.75 Å². The lowest BCUT2D eigenvalue weighted by atomic mass is 10.0. The van der Waals surface area contributed by atoms with Gasteiger partial charge in [0.2, 0.25) is 0 Å². The van der Waals surface area contributed by atoms with Crippen LogP contribution in [0.25, 0.3) is 0 Å². The van der Waals surface area contributed by atoms with Crippen LogP contribution in [-0.2, 0) is 0 Å². The maximum absolute atomic E-state index is 4.12. The van der Waals surface area contributed by atoms with Crippen LogP contribution in [0.4, 0.5) is 0 Å². The Balaban J connectivity index is 2.80. The molecule has 0 aliphatic carbocycles. The van der Waals surface area contributed by atoms with Crippen LogP contribution in [0.1, 0.15) is 37.3 Å². The van der Waals surface area contributed by atoms with Crippen molar-refractivity contribution in [2.24, 2.45) is 0 Å². The maximum atomic E-state index is 4.12. The first kappa shape index (κ1) is 11.2. The molecule has 0 radical (unpaired) electrons. The van der Waals surface area contributed by atoms with Gasteiger partial charge in [0.05, 0.1) is 0 Å². The highest BCUT2D eigenvalue weighted by Gasteiger charge is 1.97. The average molecular weight is 204 g/mol. The second-order valence-corrected chi connectivity index (χ2v) is 4.00. The first-order chi connectivity index (χ1) is 6.74. The fraction of sp³-hybridized carbons (Fsp3) is 0.385. The molecule has 1 heteroatoms. The molecule has 0 saturated heterocycles. The number of thiol groups is 1. The minimum Gasteiger partial charge on any atom is -0.178 e. The highest BCUT2D eigenvalue weighted by Crippen LogP contribution is 2.14. The van der Waals surface area contributed by atoms with E-state index in [0.717, 1.165) is 17.7 Å². The van der Waals surface area contributed by atoms with Crippen LogP contribution in [0.15, 0.2) is 24.3 Å². The molecule has 0 aromatic heterocycles. The Morgan fingerprint density at radius 1 is 1.36 bits per heavy atom. The third-order valence-electron chi connectivity index (χ3n) is 2.02. The van der Waals surface area contributed by atoms with Gasteiger partial charge in [0.25, 0.3) is 0 Å². The fourth-order valence-corrected chi connectivity index (χ4v) is 1.31. The molecule has 0 unspecified atom stereocenters. The molecule has 0 spiro atoms. The third-order valence-corrected chi connectivity index (χ3v) is 2.25. The molecule has 1 aromatic carbocycles. The van der Waals surface area contributed by atoms with Gasteiger partial charge >= 0.3 is 0 Å². The van der Waals surface area contributed by atoms with Crippen molar-refractivity contribution >= 4 is 12.6 Å². The molecule has 0 aliphatic rings. The van der Waals surface area contributed by atoms with Gasteiger partial charge < -0.3 is 0 Å². The van der Waals surface area contributed by atoms with Crippen molar-refractivity contribution in [3.05, 3.63) is 35.4 Å². The van der Waals surface area contributed by atoms with Crippen LogP contribution in [0.2, 0.25) is 0 Å². The van der Waals surface area contributed by atoms with E-state index in [4.69, 9.17) is 0 Å². The van der Waals surface area contributed by atoms with Crippen molar-refractivity contribution in [3.63, 3.8) is 0 Å². The van der Waals surface area contributed by atoms with Crippen molar-refractivity contribution in [2.45, 2.75) is 26.2 Å². The Kier molecular flexibility index (Phi) is 4.62. The monoisotopic (exact) mass is 204 g/mol. The summed E-state index contributed by atoms with van der Waals surface area (Å²) in [6.07, 6.45) is 0.856. The predicted molar refractivity (Wildman–Crippen MR) is 65.9 cm³/mol. The summed E-state index contributed by atoms with van der Waals surface area (Å²) >= 11 is 4.12. The summed E-state index contributed by atoms with van der Waals surface area (Å²) in [5.41, 5.74) is 2.46. The lowest BCUT2D eigenvalue weighted by Crippen LogP contribution is -1.87. The molecule has 0 saturated carbocycles. The van der Waals surface area contributed by atoms with Crippen LogP contribution in [0.5, 0.6) is 0 Å². The van der Waals surface area contributed by atoms with E-state index in [2.05, 4.69) is 62.6 Å². The van der Waals surface area contributed by atoms with E-state index >= 15 is 0 Å². The summed E-state index contributed by atoms with van der Waals surface area (Å²) in [6, 6.07) is 8.43. The summed E-state index contributed by atoms with van der Waals surface area (Å²) in [6.45, 7) is 4.39. The van der Waals surface area contributed by atoms with Crippen LogP contribution < -0.4 is 0 Å². The minimum atomic E-state index is 0.571. The lowest BCUT2D eigenvalue weighted by Gasteiger charge is -2.04. The van der Waals surface area contributed by atoms with Crippen LogP contribution in [-0.4, -0.2) is 5.75 Å². The summed E-state index contributed by atoms with van der Waals surface area (Å²) in [5, 5.41) is 0. The van der Waals surface area contributed by atoms with Gasteiger partial charge in [0.15, 0.2) is 0 Å². The van der Waals surface area contributed by atoms with E-state index in [1.807, 2.05) is 0 Å². The Labute approximate surface area is 92.1 Å². The van der Waals surface area contributed by atoms with Crippen molar-refractivity contribution in [1.29, 1.82) is 0 Å². The number of rotatable bonds is 2. The molecule has 0 N–H and O–H groups in total. The Morgan fingerprint density at radius 2 is 2.14 bits per heavy atom. The fourth-order valence-electron chi connectivity index (χ4n) is 1.20. The molecule has 0 atom stereocenters. The van der Waals surface area contributed by atoms with Crippen LogP contribution in [0, 0.1) is 11.8 Å². The third kappa shape index (κ3) is 3.47. The standard InChI is InChI=1S/C13H16S/c1-11(2)13-8-5-7-12(10-13)6-3-4-9-14/h5,7-8,10-11,14H,4,9H2,1-2H3. The predicted octanol–water partition coefficient (Wildman–Crippen LogP) is 3.48. The molecule has 0 aliphatic heterocycles. The number of hydrogen-bond donors (Lipinski definition) is 1. The summed E-state index contributed by atoms with van der Waals surface area (Å²) in [7, 11) is 0. The summed E-state index contributed by atoms with van der Waals surface area (Å²) in [4.78, 5) is 0. The van der Waals surface area contributed by atoms with Crippen LogP contribution >= 0.6 is 12.6 Å². The Bertz CT molecular complexity index is 342. The zero-order chi connectivity index (χ0) is 10.4. The molecule has 0 bridgehead atoms. The number of hydrogen-bond acceptors (Lipinski definition) is 1. The molecule has 0 nitrogen and oxygen atoms in total. The van der Waals surface area contributed by atoms with Gasteiger partial charge in [-0.25, -0.2) is 0 Å². The van der Waals surface area contributed by atoms with E-state index in [1.54, 1.807) is 0 Å². The van der Waals surface area contributed by atoms with Crippen molar-refractivity contribution < 1.29 is 0 Å². The molecule has 0 amide bonds. The van der Waals surface area contributed by atoms with Crippen molar-refractivity contribution in [3.8, 4) is 11.8 Å². The topological polar surface area (TPSA) is 0 Å². The quantitative estimate of drug-likeness (QED) is 0.553. The number of benzene rings is 1. The SMILES string of the molecule is CC(C)c1cccc(C#CCCS)c1. The van der Waals surface area contributed by atoms with Gasteiger partial charge in [-0.05, 0) is 23.6 Å². The lowest BCUT2D eigenvalue weighted by molar-refractivity contribution is 0.866. The molecular weight excluding hydrogens is 188 g/mol. The maximum Gasteiger partial charge on any atom is 0.0248 e. The molecular formula is C13H16S. The smallest absolute Gasteiger partial charge is 0.0248 e. The molecule has 1 aromatic rings. The second kappa shape index (κ2) is 5.78. The first-order valence-corrected chi connectivity index (χ1v) is 5.57. The Morgan fingerprint density at radius 3 is 2.79 bits per heavy atom. The van der Waals surface area contributed by atoms with E-state index in [0.29, 0.717) is 5.92 Å². The van der Waals surface area contributed by atoms with Gasteiger partial charge in [-0.1, -0.05) is 37.8 Å². The van der Waals surface area contributed by atoms with Crippen molar-refractivity contribution in [1.82, 2.24) is 0 Å². The second-order valence-electron chi connectivity index (χ2n) is 3.56. The average Bonchev–Trinajstić information content (AvgIpc) is 2.19. The highest BCUT2D eigenvalue weighted by atomic mass is 32.1. The molecule has 0 heterocycles. The van der Waals surface area contributed by atoms with Gasteiger partial charge in [0, 0.05) is 17.7 Å². The summed E-state index contributed by atoms with van der Waals surface area (Å²) < 4.78 is 0. The van der Waals surface area contributed by atoms with Gasteiger partial charge in [-0.15, -0.1) is 0 Å². The van der Waals surface area contributed by atoms with Gasteiger partial charge in [-0.2, -0.15) is 12.6 Å². The Hall–Kier alpha value is -0.870. The van der Waals surface area contributed by atoms with Crippen LogP contribution in [0.3, 0.4) is 0 Å². The summed E-state index contributed by atoms with van der Waals surface area (Å²) in [5.74, 6) is 7.63. The van der Waals surface area contributed by atoms with E-state index < -0.39 is 0 Å².